The molecule has 0 aliphatic carbocycles. The zero-order chi connectivity index (χ0) is 17.2. The van der Waals surface area contributed by atoms with Gasteiger partial charge in [0.2, 0.25) is 5.91 Å². The van der Waals surface area contributed by atoms with Crippen LogP contribution in [-0.2, 0) is 14.8 Å². The van der Waals surface area contributed by atoms with E-state index in [0.717, 1.165) is 30.3 Å². The summed E-state index contributed by atoms with van der Waals surface area (Å²) in [5.74, 6) is -1.73. The van der Waals surface area contributed by atoms with E-state index in [-0.39, 0.29) is 21.8 Å². The van der Waals surface area contributed by atoms with Crippen molar-refractivity contribution in [2.75, 3.05) is 10.0 Å². The van der Waals surface area contributed by atoms with E-state index >= 15 is 0 Å². The average Bonchev–Trinajstić information content (AvgIpc) is 2.41. The third kappa shape index (κ3) is 4.04. The Bertz CT molecular complexity index is 867. The molecular weight excluding hydrogens is 326 g/mol. The first-order valence-corrected chi connectivity index (χ1v) is 8.03. The number of carbonyl (C=O) groups excluding carboxylic acids is 1. The van der Waals surface area contributed by atoms with Gasteiger partial charge in [-0.3, -0.25) is 9.52 Å². The molecule has 0 saturated heterocycles. The largest absolute Gasteiger partial charge is 0.324 e. The molecule has 2 rings (SSSR count). The third-order valence-corrected chi connectivity index (χ3v) is 4.50. The number of carbonyl (C=O) groups is 1. The molecule has 23 heavy (non-hydrogen) atoms. The van der Waals surface area contributed by atoms with Crippen molar-refractivity contribution in [3.05, 3.63) is 53.6 Å². The molecule has 2 N–H and O–H groups in total. The van der Waals surface area contributed by atoms with Crippen LogP contribution in [-0.4, -0.2) is 14.3 Å². The van der Waals surface area contributed by atoms with Gasteiger partial charge in [-0.2, -0.15) is 0 Å². The number of anilines is 2. The molecule has 0 aliphatic heterocycles. The normalized spacial score (nSPS) is 11.1. The van der Waals surface area contributed by atoms with Gasteiger partial charge in [0.25, 0.3) is 10.0 Å². The molecule has 5 nitrogen and oxygen atoms in total. The summed E-state index contributed by atoms with van der Waals surface area (Å²) < 4.78 is 53.6. The summed E-state index contributed by atoms with van der Waals surface area (Å²) in [6.07, 6.45) is 0. The predicted molar refractivity (Wildman–Crippen MR) is 82.6 cm³/mol. The Labute approximate surface area is 132 Å². The molecule has 0 atom stereocenters. The maximum Gasteiger partial charge on any atom is 0.262 e. The molecule has 0 heterocycles. The van der Waals surface area contributed by atoms with Gasteiger partial charge in [-0.25, -0.2) is 17.2 Å². The van der Waals surface area contributed by atoms with Crippen molar-refractivity contribution in [3.63, 3.8) is 0 Å². The van der Waals surface area contributed by atoms with Gasteiger partial charge in [0.15, 0.2) is 0 Å². The fourth-order valence-corrected chi connectivity index (χ4v) is 3.28. The SMILES string of the molecule is CC(=O)Nc1cc(NS(=O)(=O)c2ccc(F)cc2C)ccc1F. The van der Waals surface area contributed by atoms with Crippen LogP contribution in [0.1, 0.15) is 12.5 Å². The van der Waals surface area contributed by atoms with Gasteiger partial charge in [0.05, 0.1) is 16.3 Å². The molecule has 0 aliphatic rings. The molecule has 0 bridgehead atoms. The highest BCUT2D eigenvalue weighted by Gasteiger charge is 2.18. The van der Waals surface area contributed by atoms with Crippen LogP contribution in [0.15, 0.2) is 41.3 Å². The van der Waals surface area contributed by atoms with Gasteiger partial charge in [-0.05, 0) is 48.9 Å². The van der Waals surface area contributed by atoms with Gasteiger partial charge in [0.1, 0.15) is 11.6 Å². The van der Waals surface area contributed by atoms with Gasteiger partial charge < -0.3 is 5.32 Å². The molecule has 0 unspecified atom stereocenters. The number of aryl methyl sites for hydroxylation is 1. The third-order valence-electron chi connectivity index (χ3n) is 2.96. The molecule has 2 aromatic rings. The van der Waals surface area contributed by atoms with E-state index in [1.807, 2.05) is 0 Å². The van der Waals surface area contributed by atoms with Gasteiger partial charge in [0, 0.05) is 6.92 Å². The second-order valence-electron chi connectivity index (χ2n) is 4.89. The molecule has 0 fully saturated rings. The van der Waals surface area contributed by atoms with E-state index in [1.54, 1.807) is 0 Å². The Morgan fingerprint density at radius 2 is 1.78 bits per heavy atom. The predicted octanol–water partition coefficient (Wildman–Crippen LogP) is 3.03. The van der Waals surface area contributed by atoms with Crippen molar-refractivity contribution >= 4 is 27.3 Å². The van der Waals surface area contributed by atoms with E-state index in [0.29, 0.717) is 0 Å². The van der Waals surface area contributed by atoms with Crippen molar-refractivity contribution < 1.29 is 22.0 Å². The summed E-state index contributed by atoms with van der Waals surface area (Å²) in [6.45, 7) is 2.67. The molecular formula is C15H14F2N2O3S. The minimum Gasteiger partial charge on any atom is -0.324 e. The molecule has 0 aromatic heterocycles. The number of amides is 1. The minimum atomic E-state index is -3.97. The number of nitrogens with one attached hydrogen (secondary N) is 2. The van der Waals surface area contributed by atoms with Crippen LogP contribution in [0.25, 0.3) is 0 Å². The Hall–Kier alpha value is -2.48. The lowest BCUT2D eigenvalue weighted by Crippen LogP contribution is -2.15. The molecule has 8 heteroatoms. The second-order valence-corrected chi connectivity index (χ2v) is 6.54. The Morgan fingerprint density at radius 3 is 2.39 bits per heavy atom. The van der Waals surface area contributed by atoms with Crippen LogP contribution in [0, 0.1) is 18.6 Å². The van der Waals surface area contributed by atoms with E-state index in [2.05, 4.69) is 10.0 Å². The van der Waals surface area contributed by atoms with E-state index < -0.39 is 27.6 Å². The van der Waals surface area contributed by atoms with Gasteiger partial charge in [-0.15, -0.1) is 0 Å². The summed E-state index contributed by atoms with van der Waals surface area (Å²) in [5.41, 5.74) is 0.161. The fourth-order valence-electron chi connectivity index (χ4n) is 2.00. The highest BCUT2D eigenvalue weighted by atomic mass is 32.2. The van der Waals surface area contributed by atoms with Crippen LogP contribution in [0.2, 0.25) is 0 Å². The van der Waals surface area contributed by atoms with Crippen molar-refractivity contribution in [2.45, 2.75) is 18.7 Å². The van der Waals surface area contributed by atoms with Crippen LogP contribution in [0.4, 0.5) is 20.2 Å². The zero-order valence-corrected chi connectivity index (χ0v) is 13.2. The van der Waals surface area contributed by atoms with Gasteiger partial charge >= 0.3 is 0 Å². The first-order valence-electron chi connectivity index (χ1n) is 6.55. The Morgan fingerprint density at radius 1 is 1.09 bits per heavy atom. The van der Waals surface area contributed by atoms with Crippen LogP contribution in [0.5, 0.6) is 0 Å². The van der Waals surface area contributed by atoms with Crippen molar-refractivity contribution in [1.82, 2.24) is 0 Å². The highest BCUT2D eigenvalue weighted by molar-refractivity contribution is 7.92. The number of rotatable bonds is 4. The number of benzene rings is 2. The summed E-state index contributed by atoms with van der Waals surface area (Å²) >= 11 is 0. The number of hydrogen-bond acceptors (Lipinski definition) is 3. The molecule has 2 aromatic carbocycles. The lowest BCUT2D eigenvalue weighted by Gasteiger charge is -2.12. The lowest BCUT2D eigenvalue weighted by atomic mass is 10.2. The van der Waals surface area contributed by atoms with Crippen molar-refractivity contribution in [1.29, 1.82) is 0 Å². The summed E-state index contributed by atoms with van der Waals surface area (Å²) in [5, 5.41) is 2.26. The molecule has 0 saturated carbocycles. The zero-order valence-electron chi connectivity index (χ0n) is 12.4. The lowest BCUT2D eigenvalue weighted by molar-refractivity contribution is -0.114. The smallest absolute Gasteiger partial charge is 0.262 e. The van der Waals surface area contributed by atoms with Crippen LogP contribution >= 0.6 is 0 Å². The number of halogens is 2. The van der Waals surface area contributed by atoms with E-state index in [9.17, 15) is 22.0 Å². The van der Waals surface area contributed by atoms with Crippen molar-refractivity contribution in [3.8, 4) is 0 Å². The molecule has 0 spiro atoms. The molecule has 122 valence electrons. The standard InChI is InChI=1S/C15H14F2N2O3S/c1-9-7-11(16)3-6-15(9)23(21,22)19-12-4-5-13(17)14(8-12)18-10(2)20/h3-8,19H,1-2H3,(H,18,20). The highest BCUT2D eigenvalue weighted by Crippen LogP contribution is 2.24. The number of hydrogen-bond donors (Lipinski definition) is 2. The minimum absolute atomic E-state index is 0.0684. The Balaban J connectivity index is 2.35. The second kappa shape index (κ2) is 6.33. The van der Waals surface area contributed by atoms with E-state index in [4.69, 9.17) is 0 Å². The van der Waals surface area contributed by atoms with Crippen molar-refractivity contribution in [2.24, 2.45) is 0 Å². The summed E-state index contributed by atoms with van der Waals surface area (Å²) in [7, 11) is -3.97. The Kier molecular flexibility index (Phi) is 4.65. The topological polar surface area (TPSA) is 75.3 Å². The summed E-state index contributed by atoms with van der Waals surface area (Å²) in [4.78, 5) is 10.9. The quantitative estimate of drug-likeness (QED) is 0.898. The van der Waals surface area contributed by atoms with Gasteiger partial charge in [-0.1, -0.05) is 0 Å². The first kappa shape index (κ1) is 16.9. The molecule has 0 radical (unpaired) electrons. The first-order chi connectivity index (χ1) is 10.7. The van der Waals surface area contributed by atoms with E-state index in [1.165, 1.54) is 19.9 Å². The molecule has 1 amide bonds. The maximum absolute atomic E-state index is 13.6. The number of sulfonamides is 1. The monoisotopic (exact) mass is 340 g/mol. The fraction of sp³-hybridized carbons (Fsp3) is 0.133. The maximum atomic E-state index is 13.6. The van der Waals surface area contributed by atoms with Crippen LogP contribution < -0.4 is 10.0 Å². The summed E-state index contributed by atoms with van der Waals surface area (Å²) in [6, 6.07) is 6.69. The van der Waals surface area contributed by atoms with Crippen LogP contribution in [0.3, 0.4) is 0 Å². The average molecular weight is 340 g/mol.